The lowest BCUT2D eigenvalue weighted by atomic mass is 10.2. The van der Waals surface area contributed by atoms with Crippen molar-refractivity contribution in [2.45, 2.75) is 40.2 Å². The van der Waals surface area contributed by atoms with Gasteiger partial charge in [0, 0.05) is 18.2 Å². The van der Waals surface area contributed by atoms with Gasteiger partial charge in [-0.15, -0.1) is 11.3 Å². The maximum absolute atomic E-state index is 12.5. The summed E-state index contributed by atoms with van der Waals surface area (Å²) < 4.78 is 10.8. The van der Waals surface area contributed by atoms with Gasteiger partial charge < -0.3 is 14.8 Å². The number of benzene rings is 1. The number of nitrogens with one attached hydrogen (secondary N) is 1. The molecule has 0 aliphatic carbocycles. The van der Waals surface area contributed by atoms with E-state index in [2.05, 4.69) is 24.1 Å². The maximum atomic E-state index is 12.5. The standard InChI is InChI=1S/C19H26N2O3S/c1-5-23-9-10-24-12-15-7-6-8-16(11-15)21-18(22)17-14(4)20-19(25-17)13(2)3/h6-8,11,13H,5,9-10,12H2,1-4H3,(H,21,22). The van der Waals surface area contributed by atoms with Crippen molar-refractivity contribution in [3.8, 4) is 0 Å². The van der Waals surface area contributed by atoms with Crippen LogP contribution in [0.15, 0.2) is 24.3 Å². The first kappa shape index (κ1) is 19.6. The van der Waals surface area contributed by atoms with Crippen molar-refractivity contribution in [3.63, 3.8) is 0 Å². The Labute approximate surface area is 153 Å². The number of rotatable bonds is 9. The monoisotopic (exact) mass is 362 g/mol. The van der Waals surface area contributed by atoms with E-state index in [-0.39, 0.29) is 5.91 Å². The molecule has 1 amide bonds. The Kier molecular flexibility index (Phi) is 7.55. The molecule has 6 heteroatoms. The quantitative estimate of drug-likeness (QED) is 0.673. The largest absolute Gasteiger partial charge is 0.379 e. The highest BCUT2D eigenvalue weighted by Gasteiger charge is 2.17. The van der Waals surface area contributed by atoms with Crippen LogP contribution >= 0.6 is 11.3 Å². The molecule has 2 rings (SSSR count). The minimum atomic E-state index is -0.115. The normalized spacial score (nSPS) is 11.1. The molecule has 0 unspecified atom stereocenters. The van der Waals surface area contributed by atoms with Gasteiger partial charge in [0.05, 0.1) is 30.5 Å². The molecule has 0 spiro atoms. The summed E-state index contributed by atoms with van der Waals surface area (Å²) in [7, 11) is 0. The van der Waals surface area contributed by atoms with Crippen LogP contribution in [0.1, 0.15) is 52.6 Å². The molecule has 1 N–H and O–H groups in total. The molecule has 2 aromatic rings. The zero-order valence-corrected chi connectivity index (χ0v) is 16.1. The van der Waals surface area contributed by atoms with Crippen LogP contribution in [0.3, 0.4) is 0 Å². The molecule has 1 aromatic carbocycles. The first-order valence-electron chi connectivity index (χ1n) is 8.54. The van der Waals surface area contributed by atoms with Gasteiger partial charge in [-0.05, 0) is 31.5 Å². The van der Waals surface area contributed by atoms with Crippen molar-refractivity contribution < 1.29 is 14.3 Å². The zero-order chi connectivity index (χ0) is 18.2. The lowest BCUT2D eigenvalue weighted by Gasteiger charge is -2.08. The predicted molar refractivity (Wildman–Crippen MR) is 101 cm³/mol. The number of anilines is 1. The van der Waals surface area contributed by atoms with E-state index >= 15 is 0 Å². The molecule has 25 heavy (non-hydrogen) atoms. The summed E-state index contributed by atoms with van der Waals surface area (Å²) in [5.74, 6) is 0.207. The molecule has 0 aliphatic rings. The van der Waals surface area contributed by atoms with Crippen LogP contribution in [-0.4, -0.2) is 30.7 Å². The SMILES string of the molecule is CCOCCOCc1cccc(NC(=O)c2sc(C(C)C)nc2C)c1. The van der Waals surface area contributed by atoms with Crippen LogP contribution in [-0.2, 0) is 16.1 Å². The first-order valence-corrected chi connectivity index (χ1v) is 9.36. The third-order valence-corrected chi connectivity index (χ3v) is 5.00. The second-order valence-corrected chi connectivity index (χ2v) is 7.06. The van der Waals surface area contributed by atoms with E-state index in [1.54, 1.807) is 0 Å². The van der Waals surface area contributed by atoms with E-state index in [1.807, 2.05) is 38.1 Å². The fraction of sp³-hybridized carbons (Fsp3) is 0.474. The maximum Gasteiger partial charge on any atom is 0.267 e. The molecule has 0 bridgehead atoms. The lowest BCUT2D eigenvalue weighted by Crippen LogP contribution is -2.12. The number of carbonyl (C=O) groups is 1. The highest BCUT2D eigenvalue weighted by molar-refractivity contribution is 7.14. The van der Waals surface area contributed by atoms with Crippen LogP contribution in [0.4, 0.5) is 5.69 Å². The zero-order valence-electron chi connectivity index (χ0n) is 15.3. The molecule has 0 fully saturated rings. The van der Waals surface area contributed by atoms with E-state index in [0.717, 1.165) is 22.0 Å². The molecule has 0 radical (unpaired) electrons. The number of nitrogens with zero attached hydrogens (tertiary/aromatic N) is 1. The summed E-state index contributed by atoms with van der Waals surface area (Å²) in [6.07, 6.45) is 0. The summed E-state index contributed by atoms with van der Waals surface area (Å²) in [5.41, 5.74) is 2.55. The van der Waals surface area contributed by atoms with Crippen LogP contribution < -0.4 is 5.32 Å². The average Bonchev–Trinajstić information content (AvgIpc) is 2.97. The van der Waals surface area contributed by atoms with Crippen LogP contribution in [0.5, 0.6) is 0 Å². The molecule has 0 aliphatic heterocycles. The van der Waals surface area contributed by atoms with Gasteiger partial charge in [0.25, 0.3) is 5.91 Å². The van der Waals surface area contributed by atoms with Gasteiger partial charge >= 0.3 is 0 Å². The molecule has 0 saturated carbocycles. The van der Waals surface area contributed by atoms with Crippen molar-refractivity contribution >= 4 is 22.9 Å². The van der Waals surface area contributed by atoms with Gasteiger partial charge in [0.2, 0.25) is 0 Å². The Balaban J connectivity index is 1.96. The molecule has 0 atom stereocenters. The minimum Gasteiger partial charge on any atom is -0.379 e. The molecular formula is C19H26N2O3S. The van der Waals surface area contributed by atoms with Crippen molar-refractivity contribution in [2.75, 3.05) is 25.1 Å². The fourth-order valence-corrected chi connectivity index (χ4v) is 3.22. The van der Waals surface area contributed by atoms with Crippen LogP contribution in [0.2, 0.25) is 0 Å². The van der Waals surface area contributed by atoms with E-state index in [0.29, 0.717) is 37.2 Å². The number of aryl methyl sites for hydroxylation is 1. The molecule has 0 saturated heterocycles. The van der Waals surface area contributed by atoms with E-state index in [4.69, 9.17) is 9.47 Å². The molecule has 136 valence electrons. The number of thiazole rings is 1. The van der Waals surface area contributed by atoms with Gasteiger partial charge in [0.1, 0.15) is 4.88 Å². The van der Waals surface area contributed by atoms with Crippen molar-refractivity contribution in [2.24, 2.45) is 0 Å². The summed E-state index contributed by atoms with van der Waals surface area (Å²) in [5, 5.41) is 3.94. The lowest BCUT2D eigenvalue weighted by molar-refractivity contribution is 0.0453. The minimum absolute atomic E-state index is 0.115. The summed E-state index contributed by atoms with van der Waals surface area (Å²) in [4.78, 5) is 17.7. The molecule has 1 aromatic heterocycles. The Hall–Kier alpha value is -1.76. The summed E-state index contributed by atoms with van der Waals surface area (Å²) >= 11 is 1.46. The van der Waals surface area contributed by atoms with E-state index in [1.165, 1.54) is 11.3 Å². The van der Waals surface area contributed by atoms with E-state index < -0.39 is 0 Å². The van der Waals surface area contributed by atoms with Crippen LogP contribution in [0.25, 0.3) is 0 Å². The van der Waals surface area contributed by atoms with Gasteiger partial charge in [-0.25, -0.2) is 4.98 Å². The number of hydrogen-bond acceptors (Lipinski definition) is 5. The number of hydrogen-bond donors (Lipinski definition) is 1. The third kappa shape index (κ3) is 5.92. The smallest absolute Gasteiger partial charge is 0.267 e. The second kappa shape index (κ2) is 9.65. The topological polar surface area (TPSA) is 60.5 Å². The highest BCUT2D eigenvalue weighted by Crippen LogP contribution is 2.25. The van der Waals surface area contributed by atoms with Gasteiger partial charge in [-0.3, -0.25) is 4.79 Å². The Morgan fingerprint density at radius 2 is 2.04 bits per heavy atom. The number of ether oxygens (including phenoxy) is 2. The van der Waals surface area contributed by atoms with Crippen molar-refractivity contribution in [1.82, 2.24) is 4.98 Å². The molecule has 1 heterocycles. The predicted octanol–water partition coefficient (Wildman–Crippen LogP) is 4.38. The van der Waals surface area contributed by atoms with Crippen molar-refractivity contribution in [1.29, 1.82) is 0 Å². The number of carbonyl (C=O) groups excluding carboxylic acids is 1. The number of aromatic nitrogens is 1. The van der Waals surface area contributed by atoms with Gasteiger partial charge in [0.15, 0.2) is 0 Å². The fourth-order valence-electron chi connectivity index (χ4n) is 2.25. The average molecular weight is 362 g/mol. The van der Waals surface area contributed by atoms with E-state index in [9.17, 15) is 4.79 Å². The second-order valence-electron chi connectivity index (χ2n) is 6.03. The van der Waals surface area contributed by atoms with Gasteiger partial charge in [-0.1, -0.05) is 26.0 Å². The first-order chi connectivity index (χ1) is 12.0. The Morgan fingerprint density at radius 1 is 1.28 bits per heavy atom. The van der Waals surface area contributed by atoms with Gasteiger partial charge in [-0.2, -0.15) is 0 Å². The summed E-state index contributed by atoms with van der Waals surface area (Å²) in [6.45, 7) is 10.3. The Bertz CT molecular complexity index is 698. The summed E-state index contributed by atoms with van der Waals surface area (Å²) in [6, 6.07) is 7.70. The van der Waals surface area contributed by atoms with Crippen molar-refractivity contribution in [3.05, 3.63) is 45.4 Å². The molecular weight excluding hydrogens is 336 g/mol. The molecule has 5 nitrogen and oxygen atoms in total. The van der Waals surface area contributed by atoms with Crippen LogP contribution in [0, 0.1) is 6.92 Å². The highest BCUT2D eigenvalue weighted by atomic mass is 32.1. The Morgan fingerprint density at radius 3 is 2.72 bits per heavy atom. The third-order valence-electron chi connectivity index (χ3n) is 3.54. The number of amides is 1.